The van der Waals surface area contributed by atoms with E-state index in [0.717, 1.165) is 6.42 Å². The second kappa shape index (κ2) is 9.44. The van der Waals surface area contributed by atoms with Crippen LogP contribution in [0.25, 0.3) is 0 Å². The lowest BCUT2D eigenvalue weighted by Crippen LogP contribution is -1.90. The minimum Gasteiger partial charge on any atom is -0.362 e. The quantitative estimate of drug-likeness (QED) is 0.523. The van der Waals surface area contributed by atoms with Crippen molar-refractivity contribution < 1.29 is 0 Å². The number of hydrogen-bond acceptors (Lipinski definition) is 0. The number of aromatic amines is 1. The molecule has 2 aromatic rings. The first-order valence-corrected chi connectivity index (χ1v) is 8.59. The normalized spacial score (nSPS) is 10.9. The van der Waals surface area contributed by atoms with Gasteiger partial charge >= 0.3 is 0 Å². The van der Waals surface area contributed by atoms with E-state index in [1.54, 1.807) is 0 Å². The number of aryl methyl sites for hydroxylation is 1. The van der Waals surface area contributed by atoms with E-state index in [1.807, 2.05) is 0 Å². The van der Waals surface area contributed by atoms with Gasteiger partial charge in [0, 0.05) is 17.8 Å². The van der Waals surface area contributed by atoms with Gasteiger partial charge in [-0.25, -0.2) is 0 Å². The maximum absolute atomic E-state index is 3.57. The van der Waals surface area contributed by atoms with Crippen LogP contribution in [-0.2, 0) is 12.8 Å². The third-order valence-corrected chi connectivity index (χ3v) is 4.09. The van der Waals surface area contributed by atoms with Crippen molar-refractivity contribution in [3.8, 4) is 0 Å². The van der Waals surface area contributed by atoms with Gasteiger partial charge in [0.2, 0.25) is 0 Å². The summed E-state index contributed by atoms with van der Waals surface area (Å²) in [6, 6.07) is 15.2. The Kier molecular flexibility index (Phi) is 7.14. The van der Waals surface area contributed by atoms with Crippen molar-refractivity contribution in [2.75, 3.05) is 0 Å². The van der Waals surface area contributed by atoms with Gasteiger partial charge in [-0.1, -0.05) is 75.8 Å². The molecule has 0 aliphatic heterocycles. The fourth-order valence-electron chi connectivity index (χ4n) is 2.83. The summed E-state index contributed by atoms with van der Waals surface area (Å²) in [5.41, 5.74) is 4.11. The average Bonchev–Trinajstić information content (AvgIpc) is 2.95. The molecule has 1 heterocycles. The largest absolute Gasteiger partial charge is 0.362 e. The minimum atomic E-state index is 1.01. The molecule has 0 spiro atoms. The molecule has 0 radical (unpaired) electrons. The van der Waals surface area contributed by atoms with Crippen LogP contribution in [0.1, 0.15) is 68.8 Å². The Balaban J connectivity index is 1.64. The van der Waals surface area contributed by atoms with E-state index in [1.165, 1.54) is 68.3 Å². The first-order valence-electron chi connectivity index (χ1n) is 8.59. The molecule has 21 heavy (non-hydrogen) atoms. The Morgan fingerprint density at radius 3 is 2.14 bits per heavy atom. The monoisotopic (exact) mass is 283 g/mol. The van der Waals surface area contributed by atoms with Gasteiger partial charge in [0.1, 0.15) is 0 Å². The van der Waals surface area contributed by atoms with E-state index in [2.05, 4.69) is 54.4 Å². The number of rotatable bonds is 10. The fourth-order valence-corrected chi connectivity index (χ4v) is 2.83. The lowest BCUT2D eigenvalue weighted by Gasteiger charge is -2.01. The first kappa shape index (κ1) is 15.9. The highest BCUT2D eigenvalue weighted by molar-refractivity contribution is 5.23. The predicted molar refractivity (Wildman–Crippen MR) is 91.7 cm³/mol. The van der Waals surface area contributed by atoms with Crippen molar-refractivity contribution >= 4 is 0 Å². The second-order valence-electron chi connectivity index (χ2n) is 6.04. The van der Waals surface area contributed by atoms with E-state index in [0.29, 0.717) is 0 Å². The van der Waals surface area contributed by atoms with Crippen LogP contribution < -0.4 is 0 Å². The van der Waals surface area contributed by atoms with E-state index >= 15 is 0 Å². The number of hydrogen-bond donors (Lipinski definition) is 1. The fraction of sp³-hybridized carbons (Fsp3) is 0.500. The van der Waals surface area contributed by atoms with Crippen molar-refractivity contribution in [2.45, 2.75) is 64.7 Å². The van der Waals surface area contributed by atoms with Crippen LogP contribution in [0.4, 0.5) is 0 Å². The Hall–Kier alpha value is -1.50. The molecule has 2 rings (SSSR count). The second-order valence-corrected chi connectivity index (χ2v) is 6.04. The zero-order valence-electron chi connectivity index (χ0n) is 13.4. The van der Waals surface area contributed by atoms with Gasteiger partial charge in [0.05, 0.1) is 0 Å². The molecule has 1 aromatic carbocycles. The van der Waals surface area contributed by atoms with Crippen molar-refractivity contribution in [3.63, 3.8) is 0 Å². The predicted octanol–water partition coefficient (Wildman–Crippen LogP) is 5.90. The van der Waals surface area contributed by atoms with Crippen LogP contribution in [0, 0.1) is 0 Å². The van der Waals surface area contributed by atoms with E-state index in [4.69, 9.17) is 0 Å². The van der Waals surface area contributed by atoms with Gasteiger partial charge < -0.3 is 4.98 Å². The van der Waals surface area contributed by atoms with Crippen LogP contribution in [0.3, 0.4) is 0 Å². The standard InChI is InChI=1S/C20H29N/c1-2-3-4-5-6-7-11-14-19-15-16-20(21-19)17-18-12-9-8-10-13-18/h8-10,12-13,15-16,21H,2-7,11,14,17H2,1H3. The van der Waals surface area contributed by atoms with Gasteiger partial charge in [-0.2, -0.15) is 0 Å². The summed E-state index contributed by atoms with van der Waals surface area (Å²) in [6.07, 6.45) is 11.9. The van der Waals surface area contributed by atoms with E-state index < -0.39 is 0 Å². The summed E-state index contributed by atoms with van der Waals surface area (Å²) in [6.45, 7) is 2.28. The highest BCUT2D eigenvalue weighted by atomic mass is 14.7. The van der Waals surface area contributed by atoms with Gasteiger partial charge in [0.25, 0.3) is 0 Å². The summed E-state index contributed by atoms with van der Waals surface area (Å²) in [5.74, 6) is 0. The Labute approximate surface area is 129 Å². The van der Waals surface area contributed by atoms with Crippen LogP contribution in [0.2, 0.25) is 0 Å². The summed E-state index contributed by atoms with van der Waals surface area (Å²) in [4.78, 5) is 3.57. The summed E-state index contributed by atoms with van der Waals surface area (Å²) in [5, 5.41) is 0. The Morgan fingerprint density at radius 1 is 0.714 bits per heavy atom. The molecule has 1 heteroatoms. The zero-order chi connectivity index (χ0) is 14.8. The highest BCUT2D eigenvalue weighted by Crippen LogP contribution is 2.13. The minimum absolute atomic E-state index is 1.01. The molecular formula is C20H29N. The van der Waals surface area contributed by atoms with E-state index in [9.17, 15) is 0 Å². The molecule has 0 bridgehead atoms. The van der Waals surface area contributed by atoms with Gasteiger partial charge in [0.15, 0.2) is 0 Å². The molecule has 0 fully saturated rings. The number of benzene rings is 1. The molecule has 114 valence electrons. The zero-order valence-corrected chi connectivity index (χ0v) is 13.4. The molecule has 0 saturated carbocycles. The number of nitrogens with one attached hydrogen (secondary N) is 1. The molecule has 0 unspecified atom stereocenters. The highest BCUT2D eigenvalue weighted by Gasteiger charge is 2.00. The van der Waals surface area contributed by atoms with E-state index in [-0.39, 0.29) is 0 Å². The molecule has 0 aliphatic carbocycles. The molecule has 0 saturated heterocycles. The van der Waals surface area contributed by atoms with Crippen LogP contribution in [0.15, 0.2) is 42.5 Å². The molecule has 1 N–H and O–H groups in total. The molecular weight excluding hydrogens is 254 g/mol. The maximum Gasteiger partial charge on any atom is 0.0193 e. The number of aromatic nitrogens is 1. The SMILES string of the molecule is CCCCCCCCCc1ccc(Cc2ccccc2)[nH]1. The van der Waals surface area contributed by atoms with Crippen LogP contribution in [0.5, 0.6) is 0 Å². The molecule has 0 amide bonds. The van der Waals surface area contributed by atoms with Crippen molar-refractivity contribution in [1.29, 1.82) is 0 Å². The van der Waals surface area contributed by atoms with Crippen LogP contribution >= 0.6 is 0 Å². The topological polar surface area (TPSA) is 15.8 Å². The summed E-state index contributed by atoms with van der Waals surface area (Å²) < 4.78 is 0. The number of unbranched alkanes of at least 4 members (excludes halogenated alkanes) is 6. The lowest BCUT2D eigenvalue weighted by molar-refractivity contribution is 0.587. The third kappa shape index (κ3) is 6.20. The molecule has 1 aromatic heterocycles. The Morgan fingerprint density at radius 2 is 1.38 bits per heavy atom. The summed E-state index contributed by atoms with van der Waals surface area (Å²) in [7, 11) is 0. The van der Waals surface area contributed by atoms with Crippen molar-refractivity contribution in [3.05, 3.63) is 59.4 Å². The summed E-state index contributed by atoms with van der Waals surface area (Å²) >= 11 is 0. The molecule has 0 aliphatic rings. The Bertz CT molecular complexity index is 484. The first-order chi connectivity index (χ1) is 10.4. The average molecular weight is 283 g/mol. The maximum atomic E-state index is 3.57. The van der Waals surface area contributed by atoms with Gasteiger partial charge in [-0.3, -0.25) is 0 Å². The van der Waals surface area contributed by atoms with Crippen molar-refractivity contribution in [2.24, 2.45) is 0 Å². The smallest absolute Gasteiger partial charge is 0.0193 e. The molecule has 1 nitrogen and oxygen atoms in total. The molecule has 0 atom stereocenters. The van der Waals surface area contributed by atoms with Crippen LogP contribution in [-0.4, -0.2) is 4.98 Å². The van der Waals surface area contributed by atoms with Gasteiger partial charge in [-0.15, -0.1) is 0 Å². The van der Waals surface area contributed by atoms with Crippen molar-refractivity contribution in [1.82, 2.24) is 4.98 Å². The van der Waals surface area contributed by atoms with Gasteiger partial charge in [-0.05, 0) is 30.5 Å². The lowest BCUT2D eigenvalue weighted by atomic mass is 10.1. The third-order valence-electron chi connectivity index (χ3n) is 4.09. The number of H-pyrrole nitrogens is 1.